The highest BCUT2D eigenvalue weighted by atomic mass is 32.1. The highest BCUT2D eigenvalue weighted by Crippen LogP contribution is 2.35. The summed E-state index contributed by atoms with van der Waals surface area (Å²) in [6, 6.07) is 0.608. The van der Waals surface area contributed by atoms with Crippen LogP contribution >= 0.6 is 11.3 Å². The van der Waals surface area contributed by atoms with Gasteiger partial charge in [-0.2, -0.15) is 0 Å². The first-order chi connectivity index (χ1) is 8.74. The minimum atomic E-state index is 0.608. The van der Waals surface area contributed by atoms with E-state index in [0.717, 1.165) is 18.3 Å². The standard InChI is InChI=1S/C15H26N2S/c1-4-12-7-5-6-8-14(12)15(16-3)9-13-10-18-11(2)17-13/h10,12,14-16H,4-9H2,1-3H3. The Bertz CT molecular complexity index is 361. The minimum absolute atomic E-state index is 0.608. The lowest BCUT2D eigenvalue weighted by molar-refractivity contribution is 0.178. The first-order valence-electron chi connectivity index (χ1n) is 7.32. The predicted octanol–water partition coefficient (Wildman–Crippen LogP) is 3.80. The monoisotopic (exact) mass is 266 g/mol. The van der Waals surface area contributed by atoms with Crippen LogP contribution in [0.5, 0.6) is 0 Å². The summed E-state index contributed by atoms with van der Waals surface area (Å²) < 4.78 is 0. The second kappa shape index (κ2) is 6.67. The van der Waals surface area contributed by atoms with Gasteiger partial charge in [0.2, 0.25) is 0 Å². The zero-order valence-corrected chi connectivity index (χ0v) is 12.7. The normalized spacial score (nSPS) is 26.2. The summed E-state index contributed by atoms with van der Waals surface area (Å²) in [7, 11) is 2.12. The van der Waals surface area contributed by atoms with Crippen molar-refractivity contribution < 1.29 is 0 Å². The van der Waals surface area contributed by atoms with E-state index in [1.54, 1.807) is 11.3 Å². The van der Waals surface area contributed by atoms with Crippen molar-refractivity contribution in [3.05, 3.63) is 16.1 Å². The summed E-state index contributed by atoms with van der Waals surface area (Å²) in [5, 5.41) is 6.97. The number of thiazole rings is 1. The molecule has 3 unspecified atom stereocenters. The van der Waals surface area contributed by atoms with Crippen LogP contribution in [0.3, 0.4) is 0 Å². The van der Waals surface area contributed by atoms with Crippen LogP contribution in [-0.2, 0) is 6.42 Å². The van der Waals surface area contributed by atoms with Crippen LogP contribution in [0.1, 0.15) is 49.7 Å². The number of hydrogen-bond donors (Lipinski definition) is 1. The Morgan fingerprint density at radius 3 is 2.83 bits per heavy atom. The Morgan fingerprint density at radius 2 is 2.22 bits per heavy atom. The highest BCUT2D eigenvalue weighted by molar-refractivity contribution is 7.09. The number of nitrogens with one attached hydrogen (secondary N) is 1. The van der Waals surface area contributed by atoms with Crippen molar-refractivity contribution in [2.75, 3.05) is 7.05 Å². The summed E-state index contributed by atoms with van der Waals surface area (Å²) in [6.07, 6.45) is 8.10. The van der Waals surface area contributed by atoms with Gasteiger partial charge in [0.1, 0.15) is 0 Å². The van der Waals surface area contributed by atoms with E-state index in [4.69, 9.17) is 0 Å². The second-order valence-electron chi connectivity index (χ2n) is 5.57. The van der Waals surface area contributed by atoms with E-state index in [-0.39, 0.29) is 0 Å². The molecule has 1 N–H and O–H groups in total. The third kappa shape index (κ3) is 3.33. The summed E-state index contributed by atoms with van der Waals surface area (Å²) >= 11 is 1.77. The van der Waals surface area contributed by atoms with E-state index < -0.39 is 0 Å². The molecule has 1 saturated carbocycles. The molecule has 0 aliphatic heterocycles. The van der Waals surface area contributed by atoms with Crippen LogP contribution in [0.25, 0.3) is 0 Å². The van der Waals surface area contributed by atoms with Crippen LogP contribution in [0.15, 0.2) is 5.38 Å². The highest BCUT2D eigenvalue weighted by Gasteiger charge is 2.30. The molecule has 1 aromatic rings. The van der Waals surface area contributed by atoms with E-state index in [1.807, 2.05) is 0 Å². The zero-order chi connectivity index (χ0) is 13.0. The average molecular weight is 266 g/mol. The molecule has 0 bridgehead atoms. The molecule has 1 aliphatic carbocycles. The molecule has 0 saturated heterocycles. The summed E-state index contributed by atoms with van der Waals surface area (Å²) in [6.45, 7) is 4.45. The van der Waals surface area contributed by atoms with Crippen molar-refractivity contribution in [2.24, 2.45) is 11.8 Å². The van der Waals surface area contributed by atoms with E-state index in [9.17, 15) is 0 Å². The van der Waals surface area contributed by atoms with Gasteiger partial charge < -0.3 is 5.32 Å². The molecule has 102 valence electrons. The van der Waals surface area contributed by atoms with Gasteiger partial charge in [-0.1, -0.05) is 32.6 Å². The van der Waals surface area contributed by atoms with Crippen molar-refractivity contribution in [3.8, 4) is 0 Å². The van der Waals surface area contributed by atoms with Gasteiger partial charge in [-0.25, -0.2) is 4.98 Å². The van der Waals surface area contributed by atoms with Gasteiger partial charge in [0.15, 0.2) is 0 Å². The summed E-state index contributed by atoms with van der Waals surface area (Å²) in [5.74, 6) is 1.76. The fourth-order valence-corrected chi connectivity index (χ4v) is 4.09. The van der Waals surface area contributed by atoms with Gasteiger partial charge in [0, 0.05) is 17.8 Å². The molecule has 0 spiro atoms. The predicted molar refractivity (Wildman–Crippen MR) is 79.1 cm³/mol. The van der Waals surface area contributed by atoms with Gasteiger partial charge >= 0.3 is 0 Å². The Kier molecular flexibility index (Phi) is 5.19. The Hall–Kier alpha value is -0.410. The number of aryl methyl sites for hydroxylation is 1. The molecule has 2 nitrogen and oxygen atoms in total. The Balaban J connectivity index is 2.02. The van der Waals surface area contributed by atoms with Crippen molar-refractivity contribution >= 4 is 11.3 Å². The van der Waals surface area contributed by atoms with Crippen LogP contribution in [0.4, 0.5) is 0 Å². The molecular formula is C15H26N2S. The molecule has 0 radical (unpaired) electrons. The molecule has 0 aromatic carbocycles. The Labute approximate surface area is 115 Å². The van der Waals surface area contributed by atoms with Gasteiger partial charge in [0.05, 0.1) is 10.7 Å². The number of likely N-dealkylation sites (N-methyl/N-ethyl adjacent to an activating group) is 1. The van der Waals surface area contributed by atoms with E-state index in [1.165, 1.54) is 42.8 Å². The third-order valence-electron chi connectivity index (χ3n) is 4.48. The average Bonchev–Trinajstić information content (AvgIpc) is 2.81. The quantitative estimate of drug-likeness (QED) is 0.877. The van der Waals surface area contributed by atoms with Crippen LogP contribution in [0, 0.1) is 18.8 Å². The van der Waals surface area contributed by atoms with Crippen molar-refractivity contribution in [1.29, 1.82) is 0 Å². The molecule has 1 aliphatic rings. The number of rotatable bonds is 5. The molecule has 18 heavy (non-hydrogen) atoms. The first-order valence-corrected chi connectivity index (χ1v) is 8.20. The van der Waals surface area contributed by atoms with Crippen molar-refractivity contribution in [2.45, 2.75) is 58.4 Å². The largest absolute Gasteiger partial charge is 0.316 e. The fraction of sp³-hybridized carbons (Fsp3) is 0.800. The lowest BCUT2D eigenvalue weighted by atomic mass is 9.73. The van der Waals surface area contributed by atoms with Gasteiger partial charge in [-0.15, -0.1) is 11.3 Å². The second-order valence-corrected chi connectivity index (χ2v) is 6.64. The van der Waals surface area contributed by atoms with Crippen LogP contribution in [0.2, 0.25) is 0 Å². The minimum Gasteiger partial charge on any atom is -0.316 e. The maximum atomic E-state index is 4.62. The van der Waals surface area contributed by atoms with Gasteiger partial charge in [0.25, 0.3) is 0 Å². The summed E-state index contributed by atoms with van der Waals surface area (Å²) in [5.41, 5.74) is 1.28. The molecular weight excluding hydrogens is 240 g/mol. The van der Waals surface area contributed by atoms with E-state index >= 15 is 0 Å². The zero-order valence-electron chi connectivity index (χ0n) is 11.9. The van der Waals surface area contributed by atoms with Crippen LogP contribution in [-0.4, -0.2) is 18.1 Å². The number of hydrogen-bond acceptors (Lipinski definition) is 3. The SMILES string of the molecule is CCC1CCCCC1C(Cc1csc(C)n1)NC. The number of nitrogens with zero attached hydrogens (tertiary/aromatic N) is 1. The molecule has 0 amide bonds. The van der Waals surface area contributed by atoms with Gasteiger partial charge in [-0.05, 0) is 32.2 Å². The molecule has 1 heterocycles. The maximum Gasteiger partial charge on any atom is 0.0897 e. The van der Waals surface area contributed by atoms with Crippen molar-refractivity contribution in [3.63, 3.8) is 0 Å². The smallest absolute Gasteiger partial charge is 0.0897 e. The fourth-order valence-electron chi connectivity index (χ4n) is 3.47. The van der Waals surface area contributed by atoms with E-state index in [0.29, 0.717) is 6.04 Å². The molecule has 3 heteroatoms. The number of aromatic nitrogens is 1. The van der Waals surface area contributed by atoms with Crippen molar-refractivity contribution in [1.82, 2.24) is 10.3 Å². The molecule has 1 fully saturated rings. The maximum absolute atomic E-state index is 4.62. The third-order valence-corrected chi connectivity index (χ3v) is 5.30. The molecule has 1 aromatic heterocycles. The lowest BCUT2D eigenvalue weighted by Gasteiger charge is -2.36. The molecule has 2 rings (SSSR count). The van der Waals surface area contributed by atoms with E-state index in [2.05, 4.69) is 36.6 Å². The molecule has 3 atom stereocenters. The lowest BCUT2D eigenvalue weighted by Crippen LogP contribution is -2.40. The first kappa shape index (κ1) is 14.0. The Morgan fingerprint density at radius 1 is 1.44 bits per heavy atom. The van der Waals surface area contributed by atoms with Gasteiger partial charge in [-0.3, -0.25) is 0 Å². The topological polar surface area (TPSA) is 24.9 Å². The van der Waals surface area contributed by atoms with Crippen LogP contribution < -0.4 is 5.32 Å². The summed E-state index contributed by atoms with van der Waals surface area (Å²) in [4.78, 5) is 4.62.